The zero-order valence-corrected chi connectivity index (χ0v) is 14.5. The van der Waals surface area contributed by atoms with Crippen LogP contribution >= 0.6 is 0 Å². The highest BCUT2D eigenvalue weighted by atomic mass is 16.2. The van der Waals surface area contributed by atoms with Crippen LogP contribution in [0.3, 0.4) is 0 Å². The van der Waals surface area contributed by atoms with E-state index in [9.17, 15) is 9.59 Å². The summed E-state index contributed by atoms with van der Waals surface area (Å²) in [6.07, 6.45) is 7.73. The fourth-order valence-corrected chi connectivity index (χ4v) is 3.92. The van der Waals surface area contributed by atoms with Gasteiger partial charge in [-0.15, -0.1) is 0 Å². The Morgan fingerprint density at radius 2 is 1.96 bits per heavy atom. The third-order valence-electron chi connectivity index (χ3n) is 5.18. The third kappa shape index (κ3) is 3.94. The quantitative estimate of drug-likeness (QED) is 0.924. The van der Waals surface area contributed by atoms with Crippen LogP contribution in [0.15, 0.2) is 18.2 Å². The standard InChI is InChI=1S/C19H27N3O2/c1-14(23)20-13-16-9-5-10-17(21-16)18-11-6-12-22(18)19(24)15-7-3-2-4-8-15/h5,9-10,15,18H,2-4,6-8,11-13H2,1H3,(H,20,23). The maximum atomic E-state index is 12.9. The number of amides is 2. The number of pyridine rings is 1. The lowest BCUT2D eigenvalue weighted by Gasteiger charge is -2.30. The molecule has 1 unspecified atom stereocenters. The van der Waals surface area contributed by atoms with Gasteiger partial charge < -0.3 is 10.2 Å². The van der Waals surface area contributed by atoms with E-state index in [2.05, 4.69) is 10.2 Å². The maximum absolute atomic E-state index is 12.9. The molecule has 2 aliphatic rings. The van der Waals surface area contributed by atoms with Gasteiger partial charge in [-0.05, 0) is 37.8 Å². The molecule has 5 nitrogen and oxygen atoms in total. The van der Waals surface area contributed by atoms with Crippen LogP contribution in [0.25, 0.3) is 0 Å². The Balaban J connectivity index is 1.71. The minimum atomic E-state index is -0.0582. The molecule has 5 heteroatoms. The Morgan fingerprint density at radius 3 is 2.71 bits per heavy atom. The van der Waals surface area contributed by atoms with Crippen molar-refractivity contribution in [3.8, 4) is 0 Å². The van der Waals surface area contributed by atoms with Crippen molar-refractivity contribution in [2.24, 2.45) is 5.92 Å². The van der Waals surface area contributed by atoms with Crippen LogP contribution in [0, 0.1) is 5.92 Å². The largest absolute Gasteiger partial charge is 0.351 e. The number of carbonyl (C=O) groups is 2. The molecular formula is C19H27N3O2. The Kier molecular flexibility index (Phi) is 5.48. The summed E-state index contributed by atoms with van der Waals surface area (Å²) in [4.78, 5) is 30.8. The molecular weight excluding hydrogens is 302 g/mol. The van der Waals surface area contributed by atoms with Crippen molar-refractivity contribution in [1.29, 1.82) is 0 Å². The molecule has 1 saturated carbocycles. The molecule has 1 N–H and O–H groups in total. The van der Waals surface area contributed by atoms with Gasteiger partial charge >= 0.3 is 0 Å². The first-order valence-corrected chi connectivity index (χ1v) is 9.16. The normalized spacial score (nSPS) is 21.7. The van der Waals surface area contributed by atoms with Crippen LogP contribution in [0.1, 0.15) is 69.3 Å². The van der Waals surface area contributed by atoms with Gasteiger partial charge in [0.05, 0.1) is 24.0 Å². The molecule has 1 aliphatic heterocycles. The van der Waals surface area contributed by atoms with Crippen LogP contribution in [0.2, 0.25) is 0 Å². The number of nitrogens with zero attached hydrogens (tertiary/aromatic N) is 2. The fourth-order valence-electron chi connectivity index (χ4n) is 3.92. The molecule has 1 saturated heterocycles. The monoisotopic (exact) mass is 329 g/mol. The van der Waals surface area contributed by atoms with E-state index >= 15 is 0 Å². The van der Waals surface area contributed by atoms with E-state index in [1.807, 2.05) is 18.2 Å². The molecule has 0 aromatic carbocycles. The zero-order chi connectivity index (χ0) is 16.9. The second-order valence-corrected chi connectivity index (χ2v) is 6.99. The summed E-state index contributed by atoms with van der Waals surface area (Å²) in [5, 5.41) is 2.78. The van der Waals surface area contributed by atoms with Gasteiger partial charge in [0.1, 0.15) is 0 Å². The van der Waals surface area contributed by atoms with Crippen molar-refractivity contribution in [2.45, 2.75) is 64.5 Å². The van der Waals surface area contributed by atoms with Gasteiger partial charge in [-0.1, -0.05) is 25.3 Å². The number of aromatic nitrogens is 1. The fraction of sp³-hybridized carbons (Fsp3) is 0.632. The van der Waals surface area contributed by atoms with Crippen molar-refractivity contribution in [1.82, 2.24) is 15.2 Å². The minimum absolute atomic E-state index is 0.0582. The second kappa shape index (κ2) is 7.77. The van der Waals surface area contributed by atoms with Gasteiger partial charge in [-0.25, -0.2) is 0 Å². The highest BCUT2D eigenvalue weighted by Gasteiger charge is 2.35. The van der Waals surface area contributed by atoms with Crippen LogP contribution in [0.4, 0.5) is 0 Å². The van der Waals surface area contributed by atoms with Crippen molar-refractivity contribution in [3.05, 3.63) is 29.6 Å². The van der Waals surface area contributed by atoms with Crippen molar-refractivity contribution in [3.63, 3.8) is 0 Å². The van der Waals surface area contributed by atoms with Crippen LogP contribution in [-0.2, 0) is 16.1 Å². The summed E-state index contributed by atoms with van der Waals surface area (Å²) in [6.45, 7) is 2.79. The van der Waals surface area contributed by atoms with E-state index in [-0.39, 0.29) is 17.9 Å². The van der Waals surface area contributed by atoms with Crippen molar-refractivity contribution in [2.75, 3.05) is 6.54 Å². The lowest BCUT2D eigenvalue weighted by atomic mass is 9.88. The molecule has 0 radical (unpaired) electrons. The van der Waals surface area contributed by atoms with Gasteiger partial charge in [0.25, 0.3) is 0 Å². The number of rotatable bonds is 4. The number of nitrogens with one attached hydrogen (secondary N) is 1. The SMILES string of the molecule is CC(=O)NCc1cccc(C2CCCN2C(=O)C2CCCCC2)n1. The number of likely N-dealkylation sites (tertiary alicyclic amines) is 1. The van der Waals surface area contributed by atoms with E-state index in [1.54, 1.807) is 0 Å². The molecule has 3 rings (SSSR count). The topological polar surface area (TPSA) is 62.3 Å². The highest BCUT2D eigenvalue weighted by molar-refractivity contribution is 5.79. The van der Waals surface area contributed by atoms with Gasteiger partial charge in [0.2, 0.25) is 11.8 Å². The van der Waals surface area contributed by atoms with Crippen molar-refractivity contribution < 1.29 is 9.59 Å². The lowest BCUT2D eigenvalue weighted by molar-refractivity contribution is -0.137. The molecule has 0 bridgehead atoms. The van der Waals surface area contributed by atoms with Crippen LogP contribution < -0.4 is 5.32 Å². The molecule has 2 amide bonds. The van der Waals surface area contributed by atoms with E-state index in [1.165, 1.54) is 26.2 Å². The summed E-state index contributed by atoms with van der Waals surface area (Å²) in [5.74, 6) is 0.477. The predicted octanol–water partition coefficient (Wildman–Crippen LogP) is 2.96. The van der Waals surface area contributed by atoms with Crippen molar-refractivity contribution >= 4 is 11.8 Å². The Bertz CT molecular complexity index is 596. The Hall–Kier alpha value is -1.91. The smallest absolute Gasteiger partial charge is 0.226 e. The summed E-state index contributed by atoms with van der Waals surface area (Å²) in [6, 6.07) is 5.99. The van der Waals surface area contributed by atoms with Gasteiger partial charge in [-0.2, -0.15) is 0 Å². The predicted molar refractivity (Wildman–Crippen MR) is 92.0 cm³/mol. The Labute approximate surface area is 143 Å². The molecule has 1 aliphatic carbocycles. The third-order valence-corrected chi connectivity index (χ3v) is 5.18. The van der Waals surface area contributed by atoms with Gasteiger partial charge in [-0.3, -0.25) is 14.6 Å². The number of hydrogen-bond acceptors (Lipinski definition) is 3. The Morgan fingerprint density at radius 1 is 1.17 bits per heavy atom. The average molecular weight is 329 g/mol. The highest BCUT2D eigenvalue weighted by Crippen LogP contribution is 2.35. The number of hydrogen-bond donors (Lipinski definition) is 1. The molecule has 2 heterocycles. The summed E-state index contributed by atoms with van der Waals surface area (Å²) in [5.41, 5.74) is 1.80. The molecule has 1 atom stereocenters. The van der Waals surface area contributed by atoms with E-state index in [4.69, 9.17) is 4.98 Å². The summed E-state index contributed by atoms with van der Waals surface area (Å²) >= 11 is 0. The van der Waals surface area contributed by atoms with E-state index < -0.39 is 0 Å². The molecule has 24 heavy (non-hydrogen) atoms. The van der Waals surface area contributed by atoms with E-state index in [0.717, 1.165) is 43.6 Å². The lowest BCUT2D eigenvalue weighted by Crippen LogP contribution is -2.37. The van der Waals surface area contributed by atoms with E-state index in [0.29, 0.717) is 12.5 Å². The minimum Gasteiger partial charge on any atom is -0.351 e. The maximum Gasteiger partial charge on any atom is 0.226 e. The zero-order valence-electron chi connectivity index (χ0n) is 14.5. The molecule has 1 aromatic heterocycles. The first-order valence-electron chi connectivity index (χ1n) is 9.16. The number of carbonyl (C=O) groups excluding carboxylic acids is 2. The molecule has 1 aromatic rings. The second-order valence-electron chi connectivity index (χ2n) is 6.99. The molecule has 2 fully saturated rings. The average Bonchev–Trinajstić information content (AvgIpc) is 3.10. The van der Waals surface area contributed by atoms with Crippen LogP contribution in [-0.4, -0.2) is 28.2 Å². The van der Waals surface area contributed by atoms with Gasteiger partial charge in [0.15, 0.2) is 0 Å². The van der Waals surface area contributed by atoms with Gasteiger partial charge in [0, 0.05) is 19.4 Å². The summed E-state index contributed by atoms with van der Waals surface area (Å²) < 4.78 is 0. The summed E-state index contributed by atoms with van der Waals surface area (Å²) in [7, 11) is 0. The first kappa shape index (κ1) is 16.9. The molecule has 0 spiro atoms. The first-order chi connectivity index (χ1) is 11.6. The van der Waals surface area contributed by atoms with Crippen LogP contribution in [0.5, 0.6) is 0 Å². The molecule has 130 valence electrons.